The Balaban J connectivity index is 1.53. The van der Waals surface area contributed by atoms with Crippen LogP contribution in [0.15, 0.2) is 24.5 Å². The van der Waals surface area contributed by atoms with Crippen molar-refractivity contribution in [1.82, 2.24) is 15.3 Å². The fourth-order valence-corrected chi connectivity index (χ4v) is 4.12. The van der Waals surface area contributed by atoms with Crippen LogP contribution in [0.5, 0.6) is 0 Å². The first kappa shape index (κ1) is 15.1. The van der Waals surface area contributed by atoms with Gasteiger partial charge >= 0.3 is 5.97 Å². The molecule has 3 rings (SSSR count). The molecule has 0 unspecified atom stereocenters. The molecular weight excluding hydrogens is 318 g/mol. The lowest BCUT2D eigenvalue weighted by Gasteiger charge is -2.00. The fourth-order valence-electron chi connectivity index (χ4n) is 2.19. The molecule has 7 heteroatoms. The number of aromatic nitrogens is 2. The highest BCUT2D eigenvalue weighted by Gasteiger charge is 2.13. The summed E-state index contributed by atoms with van der Waals surface area (Å²) in [5.41, 5.74) is 0.178. The summed E-state index contributed by atoms with van der Waals surface area (Å²) in [7, 11) is 0. The van der Waals surface area contributed by atoms with Crippen LogP contribution in [0.4, 0.5) is 0 Å². The number of carbonyl (C=O) groups is 1. The number of hydrogen-bond donors (Lipinski definition) is 2. The average molecular weight is 333 g/mol. The summed E-state index contributed by atoms with van der Waals surface area (Å²) in [4.78, 5) is 21.3. The number of nitrogens with one attached hydrogen (secondary N) is 1. The fraction of sp³-hybridized carbons (Fsp3) is 0.267. The number of aromatic carboxylic acids is 1. The Kier molecular flexibility index (Phi) is 4.47. The molecule has 0 bridgehead atoms. The third-order valence-corrected chi connectivity index (χ3v) is 5.35. The lowest BCUT2D eigenvalue weighted by molar-refractivity contribution is 0.0690. The predicted molar refractivity (Wildman–Crippen MR) is 88.8 cm³/mol. The number of rotatable bonds is 6. The van der Waals surface area contributed by atoms with Gasteiger partial charge in [-0.05, 0) is 24.4 Å². The Bertz CT molecular complexity index is 777. The molecule has 3 heterocycles. The van der Waals surface area contributed by atoms with Gasteiger partial charge in [-0.25, -0.2) is 9.78 Å². The first-order valence-electron chi connectivity index (χ1n) is 6.86. The second kappa shape index (κ2) is 6.51. The van der Waals surface area contributed by atoms with Crippen LogP contribution in [-0.4, -0.2) is 27.6 Å². The first-order valence-corrected chi connectivity index (χ1v) is 8.49. The van der Waals surface area contributed by atoms with Gasteiger partial charge in [0.2, 0.25) is 0 Å². The molecule has 2 N–H and O–H groups in total. The molecular formula is C15H15N3O2S2. The van der Waals surface area contributed by atoms with Crippen molar-refractivity contribution in [3.8, 4) is 0 Å². The number of carboxylic acid groups (broad SMARTS) is 1. The molecule has 3 aromatic heterocycles. The number of thiophene rings is 1. The molecule has 0 fully saturated rings. The van der Waals surface area contributed by atoms with Crippen LogP contribution in [-0.2, 0) is 13.0 Å². The average Bonchev–Trinajstić information content (AvgIpc) is 3.06. The van der Waals surface area contributed by atoms with Gasteiger partial charge in [-0.15, -0.1) is 22.7 Å². The van der Waals surface area contributed by atoms with Crippen molar-refractivity contribution in [3.63, 3.8) is 0 Å². The lowest BCUT2D eigenvalue weighted by atomic mass is 10.3. The minimum atomic E-state index is -0.952. The molecule has 0 radical (unpaired) electrons. The molecule has 0 amide bonds. The van der Waals surface area contributed by atoms with E-state index in [2.05, 4.69) is 21.4 Å². The van der Waals surface area contributed by atoms with E-state index in [4.69, 9.17) is 5.11 Å². The van der Waals surface area contributed by atoms with Crippen molar-refractivity contribution >= 4 is 38.7 Å². The number of hydrogen-bond acceptors (Lipinski definition) is 6. The van der Waals surface area contributed by atoms with Gasteiger partial charge in [0.15, 0.2) is 5.69 Å². The molecule has 114 valence electrons. The van der Waals surface area contributed by atoms with E-state index in [1.165, 1.54) is 26.3 Å². The first-order chi connectivity index (χ1) is 10.6. The molecule has 0 saturated heterocycles. The molecule has 0 spiro atoms. The Hall–Kier alpha value is -1.83. The quantitative estimate of drug-likeness (QED) is 0.678. The van der Waals surface area contributed by atoms with Crippen LogP contribution < -0.4 is 5.32 Å². The van der Waals surface area contributed by atoms with Gasteiger partial charge < -0.3 is 10.4 Å². The SMILES string of the molecule is Cc1sc(CCNCc2cc3ccncc3s2)nc1C(=O)O. The van der Waals surface area contributed by atoms with Crippen LogP contribution >= 0.6 is 22.7 Å². The van der Waals surface area contributed by atoms with Crippen molar-refractivity contribution in [3.05, 3.63) is 45.0 Å². The second-order valence-corrected chi connectivity index (χ2v) is 7.33. The lowest BCUT2D eigenvalue weighted by Crippen LogP contribution is -2.15. The van der Waals surface area contributed by atoms with Gasteiger partial charge in [-0.3, -0.25) is 4.98 Å². The molecule has 0 saturated carbocycles. The minimum absolute atomic E-state index is 0.178. The summed E-state index contributed by atoms with van der Waals surface area (Å²) < 4.78 is 1.20. The number of aryl methyl sites for hydroxylation is 1. The van der Waals surface area contributed by atoms with Crippen molar-refractivity contribution in [2.75, 3.05) is 6.54 Å². The van der Waals surface area contributed by atoms with Gasteiger partial charge in [0.05, 0.1) is 9.71 Å². The smallest absolute Gasteiger partial charge is 0.355 e. The molecule has 0 aliphatic rings. The van der Waals surface area contributed by atoms with Crippen molar-refractivity contribution in [2.45, 2.75) is 19.9 Å². The van der Waals surface area contributed by atoms with E-state index in [0.717, 1.165) is 29.4 Å². The molecule has 0 atom stereocenters. The number of carboxylic acids is 1. The summed E-state index contributed by atoms with van der Waals surface area (Å²) in [6.45, 7) is 3.37. The maximum Gasteiger partial charge on any atom is 0.355 e. The van der Waals surface area contributed by atoms with Gasteiger partial charge in [-0.1, -0.05) is 0 Å². The van der Waals surface area contributed by atoms with Crippen LogP contribution in [0.2, 0.25) is 0 Å². The molecule has 0 aliphatic heterocycles. The third kappa shape index (κ3) is 3.32. The van der Waals surface area contributed by atoms with E-state index in [1.54, 1.807) is 24.5 Å². The third-order valence-electron chi connectivity index (χ3n) is 3.23. The Morgan fingerprint density at radius 3 is 3.00 bits per heavy atom. The Morgan fingerprint density at radius 2 is 2.27 bits per heavy atom. The molecule has 0 aromatic carbocycles. The summed E-state index contributed by atoms with van der Waals surface area (Å²) in [6.07, 6.45) is 4.43. The summed E-state index contributed by atoms with van der Waals surface area (Å²) in [6, 6.07) is 4.19. The minimum Gasteiger partial charge on any atom is -0.476 e. The van der Waals surface area contributed by atoms with Crippen LogP contribution in [0.25, 0.3) is 10.1 Å². The zero-order valence-corrected chi connectivity index (χ0v) is 13.6. The predicted octanol–water partition coefficient (Wildman–Crippen LogP) is 3.09. The van der Waals surface area contributed by atoms with Gasteiger partial charge in [0.1, 0.15) is 0 Å². The number of pyridine rings is 1. The maximum absolute atomic E-state index is 11.0. The van der Waals surface area contributed by atoms with Crippen LogP contribution in [0, 0.1) is 6.92 Å². The standard InChI is InChI=1S/C15H15N3O2S2/c1-9-14(15(19)20)18-13(21-9)3-5-16-7-11-6-10-2-4-17-8-12(10)22-11/h2,4,6,8,16H,3,5,7H2,1H3,(H,19,20). The monoisotopic (exact) mass is 333 g/mol. The Labute approximate surface area is 135 Å². The number of thiazole rings is 1. The zero-order chi connectivity index (χ0) is 15.5. The summed E-state index contributed by atoms with van der Waals surface area (Å²) >= 11 is 3.19. The zero-order valence-electron chi connectivity index (χ0n) is 12.0. The van der Waals surface area contributed by atoms with E-state index >= 15 is 0 Å². The van der Waals surface area contributed by atoms with Crippen molar-refractivity contribution < 1.29 is 9.90 Å². The van der Waals surface area contributed by atoms with Gasteiger partial charge in [0.25, 0.3) is 0 Å². The molecule has 22 heavy (non-hydrogen) atoms. The van der Waals surface area contributed by atoms with Crippen LogP contribution in [0.1, 0.15) is 25.3 Å². The van der Waals surface area contributed by atoms with Gasteiger partial charge in [0, 0.05) is 41.7 Å². The largest absolute Gasteiger partial charge is 0.476 e. The van der Waals surface area contributed by atoms with Gasteiger partial charge in [-0.2, -0.15) is 0 Å². The van der Waals surface area contributed by atoms with Crippen molar-refractivity contribution in [1.29, 1.82) is 0 Å². The highest BCUT2D eigenvalue weighted by Crippen LogP contribution is 2.24. The van der Waals surface area contributed by atoms with E-state index in [-0.39, 0.29) is 5.69 Å². The summed E-state index contributed by atoms with van der Waals surface area (Å²) in [5, 5.41) is 14.5. The normalized spacial score (nSPS) is 11.1. The Morgan fingerprint density at radius 1 is 1.41 bits per heavy atom. The highest BCUT2D eigenvalue weighted by atomic mass is 32.1. The topological polar surface area (TPSA) is 75.1 Å². The number of nitrogens with zero attached hydrogens (tertiary/aromatic N) is 2. The van der Waals surface area contributed by atoms with E-state index < -0.39 is 5.97 Å². The van der Waals surface area contributed by atoms with E-state index in [0.29, 0.717) is 0 Å². The second-order valence-electron chi connectivity index (χ2n) is 4.87. The van der Waals surface area contributed by atoms with E-state index in [1.807, 2.05) is 12.3 Å². The number of fused-ring (bicyclic) bond motifs is 1. The van der Waals surface area contributed by atoms with Crippen LogP contribution in [0.3, 0.4) is 0 Å². The molecule has 0 aliphatic carbocycles. The van der Waals surface area contributed by atoms with E-state index in [9.17, 15) is 4.79 Å². The highest BCUT2D eigenvalue weighted by molar-refractivity contribution is 7.19. The molecule has 5 nitrogen and oxygen atoms in total. The maximum atomic E-state index is 11.0. The summed E-state index contributed by atoms with van der Waals surface area (Å²) in [5.74, 6) is -0.952. The van der Waals surface area contributed by atoms with Crippen molar-refractivity contribution in [2.24, 2.45) is 0 Å². The molecule has 3 aromatic rings.